The number of benzene rings is 1. The second kappa shape index (κ2) is 5.78. The van der Waals surface area contributed by atoms with E-state index in [1.807, 2.05) is 0 Å². The van der Waals surface area contributed by atoms with Crippen molar-refractivity contribution >= 4 is 11.6 Å². The molecule has 0 bridgehead atoms. The molecule has 0 spiro atoms. The summed E-state index contributed by atoms with van der Waals surface area (Å²) in [7, 11) is 0. The van der Waals surface area contributed by atoms with E-state index in [1.165, 1.54) is 18.6 Å². The fourth-order valence-electron chi connectivity index (χ4n) is 3.30. The van der Waals surface area contributed by atoms with E-state index in [1.54, 1.807) is 6.07 Å². The lowest BCUT2D eigenvalue weighted by Crippen LogP contribution is -2.40. The summed E-state index contributed by atoms with van der Waals surface area (Å²) < 4.78 is 13.1. The highest BCUT2D eigenvalue weighted by molar-refractivity contribution is 6.31. The SMILES string of the molecule is CC1CCCC(CN)(C(O)c2ccc(F)cc2Cl)C1. The van der Waals surface area contributed by atoms with Crippen LogP contribution in [0.5, 0.6) is 0 Å². The molecule has 0 heterocycles. The lowest BCUT2D eigenvalue weighted by atomic mass is 9.65. The van der Waals surface area contributed by atoms with Gasteiger partial charge >= 0.3 is 0 Å². The first-order valence-electron chi connectivity index (χ1n) is 6.81. The summed E-state index contributed by atoms with van der Waals surface area (Å²) in [5.74, 6) is 0.158. The highest BCUT2D eigenvalue weighted by atomic mass is 35.5. The van der Waals surface area contributed by atoms with Crippen LogP contribution in [0.1, 0.15) is 44.3 Å². The highest BCUT2D eigenvalue weighted by Gasteiger charge is 2.41. The van der Waals surface area contributed by atoms with Crippen LogP contribution in [0.4, 0.5) is 4.39 Å². The summed E-state index contributed by atoms with van der Waals surface area (Å²) in [5, 5.41) is 11.0. The topological polar surface area (TPSA) is 46.2 Å². The zero-order valence-electron chi connectivity index (χ0n) is 11.2. The zero-order chi connectivity index (χ0) is 14.0. The molecule has 1 aromatic carbocycles. The number of aliphatic hydroxyl groups excluding tert-OH is 1. The molecule has 3 N–H and O–H groups in total. The van der Waals surface area contributed by atoms with Gasteiger partial charge in [-0.15, -0.1) is 0 Å². The van der Waals surface area contributed by atoms with E-state index >= 15 is 0 Å². The summed E-state index contributed by atoms with van der Waals surface area (Å²) in [6.07, 6.45) is 3.29. The van der Waals surface area contributed by atoms with Crippen molar-refractivity contribution in [2.75, 3.05) is 6.54 Å². The van der Waals surface area contributed by atoms with E-state index in [2.05, 4.69) is 6.92 Å². The van der Waals surface area contributed by atoms with Crippen molar-refractivity contribution in [1.29, 1.82) is 0 Å². The van der Waals surface area contributed by atoms with E-state index < -0.39 is 6.10 Å². The Kier molecular flexibility index (Phi) is 4.49. The summed E-state index contributed by atoms with van der Waals surface area (Å²) in [4.78, 5) is 0. The third-order valence-electron chi connectivity index (χ3n) is 4.37. The van der Waals surface area contributed by atoms with Gasteiger partial charge in [-0.25, -0.2) is 4.39 Å². The first-order valence-corrected chi connectivity index (χ1v) is 7.19. The van der Waals surface area contributed by atoms with Crippen molar-refractivity contribution in [3.63, 3.8) is 0 Å². The minimum atomic E-state index is -0.728. The Labute approximate surface area is 118 Å². The molecular weight excluding hydrogens is 265 g/mol. The molecular formula is C15H21ClFNO. The van der Waals surface area contributed by atoms with Gasteiger partial charge < -0.3 is 10.8 Å². The smallest absolute Gasteiger partial charge is 0.124 e. The summed E-state index contributed by atoms with van der Waals surface area (Å²) in [5.41, 5.74) is 6.19. The first-order chi connectivity index (χ1) is 8.98. The molecule has 2 nitrogen and oxygen atoms in total. The van der Waals surface area contributed by atoms with Gasteiger partial charge in [0.25, 0.3) is 0 Å². The number of hydrogen-bond donors (Lipinski definition) is 2. The molecule has 0 radical (unpaired) electrons. The van der Waals surface area contributed by atoms with E-state index in [-0.39, 0.29) is 16.3 Å². The van der Waals surface area contributed by atoms with Gasteiger partial charge in [0.15, 0.2) is 0 Å². The number of halogens is 2. The summed E-state index contributed by atoms with van der Waals surface area (Å²) in [6.45, 7) is 2.61. The predicted molar refractivity (Wildman–Crippen MR) is 75.5 cm³/mol. The van der Waals surface area contributed by atoms with Gasteiger partial charge in [0, 0.05) is 17.0 Å². The molecule has 0 saturated heterocycles. The molecule has 1 aliphatic carbocycles. The Morgan fingerprint density at radius 3 is 2.89 bits per heavy atom. The van der Waals surface area contributed by atoms with Gasteiger partial charge in [-0.05, 0) is 36.5 Å². The highest BCUT2D eigenvalue weighted by Crippen LogP contribution is 2.48. The summed E-state index contributed by atoms with van der Waals surface area (Å²) >= 11 is 6.06. The number of hydrogen-bond acceptors (Lipinski definition) is 2. The van der Waals surface area contributed by atoms with Crippen molar-refractivity contribution in [1.82, 2.24) is 0 Å². The van der Waals surface area contributed by atoms with Crippen LogP contribution in [0.2, 0.25) is 5.02 Å². The fourth-order valence-corrected chi connectivity index (χ4v) is 3.57. The molecule has 1 saturated carbocycles. The van der Waals surface area contributed by atoms with E-state index in [4.69, 9.17) is 17.3 Å². The van der Waals surface area contributed by atoms with Crippen LogP contribution in [-0.4, -0.2) is 11.7 Å². The zero-order valence-corrected chi connectivity index (χ0v) is 12.0. The maximum Gasteiger partial charge on any atom is 0.124 e. The van der Waals surface area contributed by atoms with Crippen LogP contribution in [0.25, 0.3) is 0 Å². The maximum absolute atomic E-state index is 13.1. The van der Waals surface area contributed by atoms with Gasteiger partial charge in [-0.2, -0.15) is 0 Å². The minimum absolute atomic E-state index is 0.276. The standard InChI is InChI=1S/C15H21ClFNO/c1-10-3-2-6-15(8-10,9-18)14(19)12-5-4-11(17)7-13(12)16/h4-5,7,10,14,19H,2-3,6,8-9,18H2,1H3. The predicted octanol–water partition coefficient (Wildman–Crippen LogP) is 3.67. The van der Waals surface area contributed by atoms with Crippen LogP contribution in [0.3, 0.4) is 0 Å². The number of rotatable bonds is 3. The Balaban J connectivity index is 2.32. The average molecular weight is 286 g/mol. The van der Waals surface area contributed by atoms with Crippen molar-refractivity contribution in [3.05, 3.63) is 34.6 Å². The Bertz CT molecular complexity index is 454. The van der Waals surface area contributed by atoms with Gasteiger partial charge in [0.05, 0.1) is 6.10 Å². The summed E-state index contributed by atoms with van der Waals surface area (Å²) in [6, 6.07) is 4.15. The second-order valence-corrected chi connectivity index (χ2v) is 6.24. The molecule has 1 fully saturated rings. The largest absolute Gasteiger partial charge is 0.388 e. The molecule has 0 aromatic heterocycles. The number of nitrogens with two attached hydrogens (primary N) is 1. The van der Waals surface area contributed by atoms with Crippen molar-refractivity contribution < 1.29 is 9.50 Å². The molecule has 19 heavy (non-hydrogen) atoms. The lowest BCUT2D eigenvalue weighted by Gasteiger charge is -2.43. The molecule has 1 aliphatic rings. The Morgan fingerprint density at radius 1 is 1.58 bits per heavy atom. The normalized spacial score (nSPS) is 29.2. The minimum Gasteiger partial charge on any atom is -0.388 e. The van der Waals surface area contributed by atoms with Gasteiger partial charge in [-0.1, -0.05) is 37.4 Å². The Morgan fingerprint density at radius 2 is 2.32 bits per heavy atom. The Hall–Kier alpha value is -0.640. The molecule has 0 aliphatic heterocycles. The third kappa shape index (κ3) is 2.93. The molecule has 1 aromatic rings. The second-order valence-electron chi connectivity index (χ2n) is 5.84. The van der Waals surface area contributed by atoms with E-state index in [0.717, 1.165) is 19.3 Å². The van der Waals surface area contributed by atoms with E-state index in [9.17, 15) is 9.50 Å². The van der Waals surface area contributed by atoms with Crippen molar-refractivity contribution in [2.24, 2.45) is 17.1 Å². The molecule has 3 unspecified atom stereocenters. The van der Waals surface area contributed by atoms with Gasteiger partial charge in [0.2, 0.25) is 0 Å². The monoisotopic (exact) mass is 285 g/mol. The van der Waals surface area contributed by atoms with Crippen molar-refractivity contribution in [2.45, 2.75) is 38.7 Å². The van der Waals surface area contributed by atoms with Gasteiger partial charge in [0.1, 0.15) is 5.82 Å². The molecule has 3 atom stereocenters. The lowest BCUT2D eigenvalue weighted by molar-refractivity contribution is -0.0130. The van der Waals surface area contributed by atoms with Crippen molar-refractivity contribution in [3.8, 4) is 0 Å². The van der Waals surface area contributed by atoms with Crippen LogP contribution < -0.4 is 5.73 Å². The van der Waals surface area contributed by atoms with Crippen LogP contribution in [0, 0.1) is 17.2 Å². The van der Waals surface area contributed by atoms with Crippen LogP contribution in [0.15, 0.2) is 18.2 Å². The average Bonchev–Trinajstić information content (AvgIpc) is 2.38. The van der Waals surface area contributed by atoms with E-state index in [0.29, 0.717) is 18.0 Å². The van der Waals surface area contributed by atoms with Crippen LogP contribution >= 0.6 is 11.6 Å². The molecule has 2 rings (SSSR count). The maximum atomic E-state index is 13.1. The molecule has 0 amide bonds. The third-order valence-corrected chi connectivity index (χ3v) is 4.70. The molecule has 106 valence electrons. The number of aliphatic hydroxyl groups is 1. The fraction of sp³-hybridized carbons (Fsp3) is 0.600. The molecule has 4 heteroatoms. The van der Waals surface area contributed by atoms with Crippen LogP contribution in [-0.2, 0) is 0 Å². The quantitative estimate of drug-likeness (QED) is 0.890. The first kappa shape index (κ1) is 14.8. The van der Waals surface area contributed by atoms with Gasteiger partial charge in [-0.3, -0.25) is 0 Å².